The molecule has 4 nitrogen and oxygen atoms in total. The highest BCUT2D eigenvalue weighted by molar-refractivity contribution is 9.10. The SMILES string of the molecule is [B]C([B])n1cc(C(F)(F)F)nc1-c1ccc(Br)c(OC(C)CO)c1. The lowest BCUT2D eigenvalue weighted by Gasteiger charge is -2.16. The Morgan fingerprint density at radius 3 is 2.58 bits per heavy atom. The Hall–Kier alpha value is -1.41. The number of aromatic nitrogens is 2. The minimum absolute atomic E-state index is 0.0358. The number of aliphatic hydroxyl groups is 1. The lowest BCUT2D eigenvalue weighted by atomic mass is 9.78. The number of halogens is 4. The fourth-order valence-electron chi connectivity index (χ4n) is 1.96. The van der Waals surface area contributed by atoms with Gasteiger partial charge in [-0.05, 0) is 46.9 Å². The van der Waals surface area contributed by atoms with Gasteiger partial charge in [-0.2, -0.15) is 13.2 Å². The van der Waals surface area contributed by atoms with Gasteiger partial charge in [-0.1, -0.05) is 0 Å². The van der Waals surface area contributed by atoms with Crippen LogP contribution in [0.15, 0.2) is 28.9 Å². The molecular weight excluding hydrogens is 387 g/mol. The number of ether oxygens (including phenoxy) is 1. The first-order valence-corrected chi connectivity index (χ1v) is 7.67. The number of alkyl halides is 3. The summed E-state index contributed by atoms with van der Waals surface area (Å²) in [5, 5.41) is 9.07. The summed E-state index contributed by atoms with van der Waals surface area (Å²) in [5.41, 5.74) is -0.748. The van der Waals surface area contributed by atoms with Crippen molar-refractivity contribution in [3.8, 4) is 17.1 Å². The molecule has 0 aliphatic carbocycles. The molecule has 1 atom stereocenters. The average Bonchev–Trinajstić information content (AvgIpc) is 2.95. The van der Waals surface area contributed by atoms with Crippen LogP contribution < -0.4 is 4.74 Å². The quantitative estimate of drug-likeness (QED) is 0.788. The number of hydrogen-bond acceptors (Lipinski definition) is 3. The van der Waals surface area contributed by atoms with Crippen LogP contribution in [0.4, 0.5) is 13.2 Å². The molecule has 1 heterocycles. The highest BCUT2D eigenvalue weighted by atomic mass is 79.9. The van der Waals surface area contributed by atoms with Gasteiger partial charge in [-0.3, -0.25) is 0 Å². The molecule has 2 rings (SSSR count). The molecular formula is C14H12B2BrF3N2O2. The van der Waals surface area contributed by atoms with Gasteiger partial charge in [0.2, 0.25) is 0 Å². The Morgan fingerprint density at radius 2 is 2.04 bits per heavy atom. The predicted octanol–water partition coefficient (Wildman–Crippen LogP) is 2.88. The van der Waals surface area contributed by atoms with E-state index in [0.717, 1.165) is 10.8 Å². The van der Waals surface area contributed by atoms with Crippen molar-refractivity contribution in [3.63, 3.8) is 0 Å². The van der Waals surface area contributed by atoms with Crippen LogP contribution in [-0.2, 0) is 6.18 Å². The molecule has 1 N–H and O–H groups in total. The maximum atomic E-state index is 12.9. The van der Waals surface area contributed by atoms with Gasteiger partial charge in [0.1, 0.15) is 17.7 Å². The largest absolute Gasteiger partial charge is 0.487 e. The van der Waals surface area contributed by atoms with Gasteiger partial charge in [0.15, 0.2) is 5.69 Å². The molecule has 1 aromatic carbocycles. The van der Waals surface area contributed by atoms with Crippen molar-refractivity contribution < 1.29 is 23.0 Å². The van der Waals surface area contributed by atoms with E-state index >= 15 is 0 Å². The lowest BCUT2D eigenvalue weighted by Crippen LogP contribution is -2.16. The van der Waals surface area contributed by atoms with Gasteiger partial charge in [0, 0.05) is 11.8 Å². The van der Waals surface area contributed by atoms with E-state index in [4.69, 9.17) is 25.5 Å². The smallest absolute Gasteiger partial charge is 0.434 e. The van der Waals surface area contributed by atoms with Crippen LogP contribution >= 0.6 is 15.9 Å². The van der Waals surface area contributed by atoms with Crippen LogP contribution in [0.1, 0.15) is 18.5 Å². The zero-order valence-corrected chi connectivity index (χ0v) is 14.2. The molecule has 0 saturated heterocycles. The van der Waals surface area contributed by atoms with Gasteiger partial charge < -0.3 is 14.4 Å². The molecule has 2 aromatic rings. The molecule has 0 bridgehead atoms. The minimum atomic E-state index is -4.62. The fraction of sp³-hybridized carbons (Fsp3) is 0.357. The van der Waals surface area contributed by atoms with Gasteiger partial charge >= 0.3 is 6.18 Å². The summed E-state index contributed by atoms with van der Waals surface area (Å²) < 4.78 is 45.8. The zero-order valence-electron chi connectivity index (χ0n) is 12.6. The molecule has 0 aliphatic heterocycles. The summed E-state index contributed by atoms with van der Waals surface area (Å²) in [6.07, 6.45) is -4.34. The van der Waals surface area contributed by atoms with Gasteiger partial charge in [0.05, 0.1) is 26.8 Å². The van der Waals surface area contributed by atoms with Crippen molar-refractivity contribution in [2.75, 3.05) is 6.61 Å². The van der Waals surface area contributed by atoms with Gasteiger partial charge in [0.25, 0.3) is 0 Å². The maximum absolute atomic E-state index is 12.9. The van der Waals surface area contributed by atoms with E-state index in [1.54, 1.807) is 19.1 Å². The van der Waals surface area contributed by atoms with Crippen LogP contribution in [0.5, 0.6) is 5.75 Å². The maximum Gasteiger partial charge on any atom is 0.434 e. The van der Waals surface area contributed by atoms with Crippen LogP contribution in [0, 0.1) is 0 Å². The molecule has 24 heavy (non-hydrogen) atoms. The van der Waals surface area contributed by atoms with Crippen molar-refractivity contribution in [1.29, 1.82) is 0 Å². The number of imidazole rings is 1. The van der Waals surface area contributed by atoms with E-state index in [2.05, 4.69) is 20.9 Å². The number of nitrogens with zero attached hydrogens (tertiary/aromatic N) is 2. The highest BCUT2D eigenvalue weighted by Gasteiger charge is 2.35. The van der Waals surface area contributed by atoms with Crippen molar-refractivity contribution in [2.24, 2.45) is 0 Å². The van der Waals surface area contributed by atoms with E-state index in [1.807, 2.05) is 0 Å². The third-order valence-corrected chi connectivity index (χ3v) is 3.77. The molecule has 0 fully saturated rings. The normalized spacial score (nSPS) is 13.3. The molecule has 0 saturated carbocycles. The number of aliphatic hydroxyl groups excluding tert-OH is 1. The number of benzene rings is 1. The molecule has 0 amide bonds. The van der Waals surface area contributed by atoms with E-state index in [9.17, 15) is 13.2 Å². The minimum Gasteiger partial charge on any atom is -0.487 e. The van der Waals surface area contributed by atoms with E-state index in [1.165, 1.54) is 6.07 Å². The second-order valence-electron chi connectivity index (χ2n) is 5.10. The molecule has 10 heteroatoms. The van der Waals surface area contributed by atoms with E-state index < -0.39 is 23.8 Å². The van der Waals surface area contributed by atoms with Crippen LogP contribution in [0.3, 0.4) is 0 Å². The van der Waals surface area contributed by atoms with Crippen molar-refractivity contribution in [3.05, 3.63) is 34.6 Å². The lowest BCUT2D eigenvalue weighted by molar-refractivity contribution is -0.140. The summed E-state index contributed by atoms with van der Waals surface area (Å²) in [4.78, 5) is 3.60. The second-order valence-corrected chi connectivity index (χ2v) is 5.96. The molecule has 4 radical (unpaired) electrons. The van der Waals surface area contributed by atoms with Gasteiger partial charge in [-0.15, -0.1) is 0 Å². The first kappa shape index (κ1) is 18.9. The second kappa shape index (κ2) is 7.23. The topological polar surface area (TPSA) is 47.3 Å². The monoisotopic (exact) mass is 398 g/mol. The Labute approximate surface area is 148 Å². The molecule has 1 unspecified atom stereocenters. The third-order valence-electron chi connectivity index (χ3n) is 3.12. The highest BCUT2D eigenvalue weighted by Crippen LogP contribution is 2.35. The Kier molecular flexibility index (Phi) is 5.70. The first-order chi connectivity index (χ1) is 11.1. The summed E-state index contributed by atoms with van der Waals surface area (Å²) in [6, 6.07) is 4.66. The summed E-state index contributed by atoms with van der Waals surface area (Å²) in [6.45, 7) is 1.44. The molecule has 0 spiro atoms. The summed E-state index contributed by atoms with van der Waals surface area (Å²) in [7, 11) is 11.1. The predicted molar refractivity (Wildman–Crippen MR) is 88.1 cm³/mol. The molecule has 124 valence electrons. The number of rotatable bonds is 5. The fourth-order valence-corrected chi connectivity index (χ4v) is 2.30. The van der Waals surface area contributed by atoms with Crippen LogP contribution in [0.2, 0.25) is 0 Å². The zero-order chi connectivity index (χ0) is 18.1. The van der Waals surface area contributed by atoms with E-state index in [-0.39, 0.29) is 12.4 Å². The van der Waals surface area contributed by atoms with Crippen LogP contribution in [0.25, 0.3) is 11.4 Å². The summed E-state index contributed by atoms with van der Waals surface area (Å²) in [5.74, 6) is -0.873. The summed E-state index contributed by atoms with van der Waals surface area (Å²) >= 11 is 3.28. The first-order valence-electron chi connectivity index (χ1n) is 6.88. The Morgan fingerprint density at radius 1 is 1.38 bits per heavy atom. The Balaban J connectivity index is 2.51. The van der Waals surface area contributed by atoms with Gasteiger partial charge in [-0.25, -0.2) is 4.98 Å². The number of hydrogen-bond donors (Lipinski definition) is 1. The third kappa shape index (κ3) is 4.16. The van der Waals surface area contributed by atoms with Crippen molar-refractivity contribution >= 4 is 31.6 Å². The van der Waals surface area contributed by atoms with Crippen molar-refractivity contribution in [1.82, 2.24) is 9.55 Å². The Bertz CT molecular complexity index is 723. The van der Waals surface area contributed by atoms with Crippen LogP contribution in [-0.4, -0.2) is 43.1 Å². The standard InChI is InChI=1S/C14H12B2BrF3N2O2/c1-7(6-23)24-10-4-8(2-3-9(10)17)12-21-11(14(18,19)20)5-22(12)13(15)16/h2-5,7,13,23H,6H2,1H3. The average molecular weight is 399 g/mol. The van der Waals surface area contributed by atoms with Crippen molar-refractivity contribution in [2.45, 2.75) is 25.0 Å². The molecule has 0 aliphatic rings. The van der Waals surface area contributed by atoms with E-state index in [0.29, 0.717) is 15.8 Å². The molecule has 1 aromatic heterocycles.